The topological polar surface area (TPSA) is 43.2 Å². The van der Waals surface area contributed by atoms with Crippen molar-refractivity contribution in [3.8, 4) is 6.07 Å². The van der Waals surface area contributed by atoms with E-state index in [4.69, 9.17) is 5.26 Å². The highest BCUT2D eigenvalue weighted by atomic mass is 15.2. The fourth-order valence-electron chi connectivity index (χ4n) is 2.42. The summed E-state index contributed by atoms with van der Waals surface area (Å²) >= 11 is 0. The summed E-state index contributed by atoms with van der Waals surface area (Å²) in [5.74, 6) is 1.63. The molecule has 1 saturated heterocycles. The smallest absolute Gasteiger partial charge is 0.142 e. The molecule has 0 amide bonds. The third-order valence-electron chi connectivity index (χ3n) is 3.61. The molecule has 0 N–H and O–H groups in total. The van der Waals surface area contributed by atoms with Gasteiger partial charge in [-0.25, -0.2) is 4.98 Å². The van der Waals surface area contributed by atoms with Crippen LogP contribution in [0.3, 0.4) is 0 Å². The van der Waals surface area contributed by atoms with Crippen LogP contribution in [0, 0.1) is 17.2 Å². The molecule has 0 unspecified atom stereocenters. The van der Waals surface area contributed by atoms with Gasteiger partial charge in [-0.05, 0) is 51.0 Å². The van der Waals surface area contributed by atoms with E-state index in [0.29, 0.717) is 5.69 Å². The summed E-state index contributed by atoms with van der Waals surface area (Å²) in [7, 11) is 4.24. The number of pyridine rings is 1. The van der Waals surface area contributed by atoms with Crippen molar-refractivity contribution in [3.63, 3.8) is 0 Å². The van der Waals surface area contributed by atoms with Gasteiger partial charge in [0, 0.05) is 13.6 Å². The van der Waals surface area contributed by atoms with Crippen LogP contribution in [0.5, 0.6) is 0 Å². The second-order valence-corrected chi connectivity index (χ2v) is 5.12. The molecule has 1 aromatic rings. The van der Waals surface area contributed by atoms with E-state index in [1.807, 2.05) is 12.1 Å². The number of aromatic nitrogens is 1. The first-order valence-corrected chi connectivity index (χ1v) is 6.46. The van der Waals surface area contributed by atoms with Crippen LogP contribution in [0.25, 0.3) is 0 Å². The number of anilines is 1. The fourth-order valence-corrected chi connectivity index (χ4v) is 2.42. The average molecular weight is 244 g/mol. The molecular formula is C14H20N4. The van der Waals surface area contributed by atoms with Gasteiger partial charge in [-0.3, -0.25) is 0 Å². The van der Waals surface area contributed by atoms with Crippen LogP contribution < -0.4 is 4.90 Å². The molecule has 1 aliphatic heterocycles. The van der Waals surface area contributed by atoms with Crippen LogP contribution in [-0.2, 0) is 0 Å². The maximum Gasteiger partial charge on any atom is 0.142 e. The zero-order valence-corrected chi connectivity index (χ0v) is 11.1. The van der Waals surface area contributed by atoms with E-state index in [1.54, 1.807) is 6.07 Å². The van der Waals surface area contributed by atoms with E-state index >= 15 is 0 Å². The standard InChI is InChI=1S/C14H20N4/c1-17-8-6-12(7-9-17)11-18(2)14-5-3-4-13(10-15)16-14/h3-5,12H,6-9,11H2,1-2H3. The Labute approximate surface area is 109 Å². The minimum atomic E-state index is 0.489. The molecule has 2 heterocycles. The average Bonchev–Trinajstić information content (AvgIpc) is 2.41. The Morgan fingerprint density at radius 1 is 1.44 bits per heavy atom. The first-order valence-electron chi connectivity index (χ1n) is 6.46. The van der Waals surface area contributed by atoms with E-state index in [0.717, 1.165) is 18.3 Å². The van der Waals surface area contributed by atoms with Crippen molar-refractivity contribution in [2.75, 3.05) is 38.6 Å². The van der Waals surface area contributed by atoms with Crippen LogP contribution in [0.4, 0.5) is 5.82 Å². The molecule has 0 bridgehead atoms. The molecule has 0 atom stereocenters. The zero-order valence-electron chi connectivity index (χ0n) is 11.1. The molecule has 1 aromatic heterocycles. The van der Waals surface area contributed by atoms with Crippen molar-refractivity contribution in [1.29, 1.82) is 5.26 Å². The van der Waals surface area contributed by atoms with Gasteiger partial charge in [-0.15, -0.1) is 0 Å². The van der Waals surface area contributed by atoms with Gasteiger partial charge in [0.25, 0.3) is 0 Å². The molecule has 4 nitrogen and oxygen atoms in total. The molecule has 0 spiro atoms. The highest BCUT2D eigenvalue weighted by Crippen LogP contribution is 2.19. The number of likely N-dealkylation sites (tertiary alicyclic amines) is 1. The lowest BCUT2D eigenvalue weighted by molar-refractivity contribution is 0.222. The zero-order chi connectivity index (χ0) is 13.0. The molecule has 96 valence electrons. The van der Waals surface area contributed by atoms with Crippen LogP contribution in [0.1, 0.15) is 18.5 Å². The molecular weight excluding hydrogens is 224 g/mol. The van der Waals surface area contributed by atoms with Gasteiger partial charge >= 0.3 is 0 Å². The third-order valence-corrected chi connectivity index (χ3v) is 3.61. The molecule has 0 aromatic carbocycles. The van der Waals surface area contributed by atoms with Gasteiger partial charge in [0.05, 0.1) is 0 Å². The van der Waals surface area contributed by atoms with Crippen LogP contribution in [-0.4, -0.2) is 43.6 Å². The summed E-state index contributed by atoms with van der Waals surface area (Å²) in [5.41, 5.74) is 0.489. The normalized spacial score (nSPS) is 17.4. The predicted octanol–water partition coefficient (Wildman–Crippen LogP) is 1.73. The molecule has 0 aliphatic carbocycles. The number of piperidine rings is 1. The van der Waals surface area contributed by atoms with Gasteiger partial charge in [-0.2, -0.15) is 5.26 Å². The predicted molar refractivity (Wildman–Crippen MR) is 72.4 cm³/mol. The first kappa shape index (κ1) is 12.8. The Morgan fingerprint density at radius 3 is 2.83 bits per heavy atom. The summed E-state index contributed by atoms with van der Waals surface area (Å²) in [5, 5.41) is 8.86. The van der Waals surface area contributed by atoms with Gasteiger partial charge in [0.15, 0.2) is 0 Å². The number of nitrogens with zero attached hydrogens (tertiary/aromatic N) is 4. The highest BCUT2D eigenvalue weighted by molar-refractivity contribution is 5.40. The van der Waals surface area contributed by atoms with Gasteiger partial charge in [-0.1, -0.05) is 6.07 Å². The van der Waals surface area contributed by atoms with E-state index in [9.17, 15) is 0 Å². The van der Waals surface area contributed by atoms with E-state index in [1.165, 1.54) is 25.9 Å². The van der Waals surface area contributed by atoms with Crippen LogP contribution >= 0.6 is 0 Å². The van der Waals surface area contributed by atoms with Gasteiger partial charge < -0.3 is 9.80 Å². The molecule has 0 radical (unpaired) electrons. The third kappa shape index (κ3) is 3.21. The molecule has 1 aliphatic rings. The second kappa shape index (κ2) is 5.83. The molecule has 18 heavy (non-hydrogen) atoms. The molecule has 2 rings (SSSR count). The molecule has 0 saturated carbocycles. The Morgan fingerprint density at radius 2 is 2.17 bits per heavy atom. The molecule has 4 heteroatoms. The Kier molecular flexibility index (Phi) is 4.16. The number of hydrogen-bond donors (Lipinski definition) is 0. The summed E-state index contributed by atoms with van der Waals surface area (Å²) in [6, 6.07) is 7.69. The van der Waals surface area contributed by atoms with Crippen molar-refractivity contribution >= 4 is 5.82 Å². The lowest BCUT2D eigenvalue weighted by Crippen LogP contribution is -2.36. The quantitative estimate of drug-likeness (QED) is 0.812. The summed E-state index contributed by atoms with van der Waals surface area (Å²) < 4.78 is 0. The lowest BCUT2D eigenvalue weighted by atomic mass is 9.97. The van der Waals surface area contributed by atoms with Gasteiger partial charge in [0.1, 0.15) is 17.6 Å². The summed E-state index contributed by atoms with van der Waals surface area (Å²) in [6.07, 6.45) is 2.50. The van der Waals surface area contributed by atoms with Crippen molar-refractivity contribution < 1.29 is 0 Å². The number of rotatable bonds is 3. The van der Waals surface area contributed by atoms with Gasteiger partial charge in [0.2, 0.25) is 0 Å². The minimum Gasteiger partial charge on any atom is -0.359 e. The van der Waals surface area contributed by atoms with Crippen LogP contribution in [0.15, 0.2) is 18.2 Å². The van der Waals surface area contributed by atoms with Crippen molar-refractivity contribution in [3.05, 3.63) is 23.9 Å². The summed E-state index contributed by atoms with van der Waals surface area (Å²) in [4.78, 5) is 8.87. The summed E-state index contributed by atoms with van der Waals surface area (Å²) in [6.45, 7) is 3.39. The first-order chi connectivity index (χ1) is 8.69. The highest BCUT2D eigenvalue weighted by Gasteiger charge is 2.18. The second-order valence-electron chi connectivity index (χ2n) is 5.12. The Bertz CT molecular complexity index is 430. The fraction of sp³-hybridized carbons (Fsp3) is 0.571. The monoisotopic (exact) mass is 244 g/mol. The maximum atomic E-state index is 8.86. The van der Waals surface area contributed by atoms with E-state index in [-0.39, 0.29) is 0 Å². The maximum absolute atomic E-state index is 8.86. The van der Waals surface area contributed by atoms with Crippen molar-refractivity contribution in [1.82, 2.24) is 9.88 Å². The van der Waals surface area contributed by atoms with E-state index < -0.39 is 0 Å². The lowest BCUT2D eigenvalue weighted by Gasteiger charge is -2.32. The number of nitriles is 1. The minimum absolute atomic E-state index is 0.489. The van der Waals surface area contributed by atoms with E-state index in [2.05, 4.69) is 34.9 Å². The molecule has 1 fully saturated rings. The van der Waals surface area contributed by atoms with Crippen molar-refractivity contribution in [2.45, 2.75) is 12.8 Å². The van der Waals surface area contributed by atoms with Crippen molar-refractivity contribution in [2.24, 2.45) is 5.92 Å². The number of hydrogen-bond acceptors (Lipinski definition) is 4. The Hall–Kier alpha value is -1.60. The SMILES string of the molecule is CN1CCC(CN(C)c2cccc(C#N)n2)CC1. The largest absolute Gasteiger partial charge is 0.359 e. The van der Waals surface area contributed by atoms with Crippen LogP contribution in [0.2, 0.25) is 0 Å². The Balaban J connectivity index is 1.95.